The molecular formula is C14H21N3O3S. The number of carbonyl (C=O) groups is 1. The summed E-state index contributed by atoms with van der Waals surface area (Å²) in [5, 5.41) is 6.59. The number of nitrogens with one attached hydrogen (secondary N) is 2. The molecule has 6 nitrogen and oxygen atoms in total. The summed E-state index contributed by atoms with van der Waals surface area (Å²) in [6.07, 6.45) is 2.13. The number of anilines is 1. The quantitative estimate of drug-likeness (QED) is 0.887. The van der Waals surface area contributed by atoms with E-state index in [0.717, 1.165) is 12.1 Å². The number of fused-ring (bicyclic) bond motifs is 2. The second kappa shape index (κ2) is 4.32. The Kier molecular flexibility index (Phi) is 2.99. The number of carbonyl (C=O) groups excluding carboxylic acids is 1. The molecule has 3 rings (SSSR count). The summed E-state index contributed by atoms with van der Waals surface area (Å²) in [5.74, 6) is 0.552. The largest absolute Gasteiger partial charge is 0.299 e. The molecule has 116 valence electrons. The van der Waals surface area contributed by atoms with Gasteiger partial charge >= 0.3 is 0 Å². The lowest BCUT2D eigenvalue weighted by atomic mass is 9.70. The highest BCUT2D eigenvalue weighted by atomic mass is 32.2. The number of ketones is 1. The summed E-state index contributed by atoms with van der Waals surface area (Å²) < 4.78 is 27.4. The fraction of sp³-hybridized carbons (Fsp3) is 0.714. The van der Waals surface area contributed by atoms with Gasteiger partial charge < -0.3 is 0 Å². The molecule has 0 aliphatic heterocycles. The maximum Gasteiger partial charge on any atom is 0.234 e. The first-order valence-electron chi connectivity index (χ1n) is 7.22. The van der Waals surface area contributed by atoms with E-state index in [1.54, 1.807) is 13.0 Å². The second-order valence-electron chi connectivity index (χ2n) is 6.96. The highest BCUT2D eigenvalue weighted by Gasteiger charge is 2.65. The van der Waals surface area contributed by atoms with Gasteiger partial charge in [0.05, 0.1) is 11.2 Å². The highest BCUT2D eigenvalue weighted by Crippen LogP contribution is 2.64. The molecule has 1 aromatic rings. The van der Waals surface area contributed by atoms with Crippen molar-refractivity contribution < 1.29 is 13.2 Å². The van der Waals surface area contributed by atoms with Crippen molar-refractivity contribution in [3.05, 3.63) is 11.8 Å². The highest BCUT2D eigenvalue weighted by molar-refractivity contribution is 7.92. The fourth-order valence-corrected chi connectivity index (χ4v) is 5.92. The first kappa shape index (κ1) is 14.6. The van der Waals surface area contributed by atoms with Gasteiger partial charge in [0.25, 0.3) is 0 Å². The van der Waals surface area contributed by atoms with Crippen LogP contribution >= 0.6 is 0 Å². The van der Waals surface area contributed by atoms with Crippen LogP contribution in [0.3, 0.4) is 0 Å². The van der Waals surface area contributed by atoms with Crippen molar-refractivity contribution in [1.82, 2.24) is 10.2 Å². The van der Waals surface area contributed by atoms with E-state index in [-0.39, 0.29) is 22.8 Å². The molecule has 2 atom stereocenters. The van der Waals surface area contributed by atoms with Gasteiger partial charge in [-0.2, -0.15) is 5.10 Å². The van der Waals surface area contributed by atoms with Gasteiger partial charge in [0.15, 0.2) is 5.82 Å². The van der Waals surface area contributed by atoms with Crippen molar-refractivity contribution >= 4 is 21.6 Å². The van der Waals surface area contributed by atoms with E-state index >= 15 is 0 Å². The SMILES string of the molecule is Cc1cc(NS(=O)(=O)CC23CC[C@@H](CC2=O)C3(C)C)n[nH]1. The third-order valence-corrected chi connectivity index (χ3v) is 6.93. The standard InChI is InChI=1S/C14H21N3O3S/c1-9-6-12(16-15-9)17-21(19,20)8-14-5-4-10(7-11(14)18)13(14,2)3/h6,10H,4-5,7-8H2,1-3H3,(H2,15,16,17)/t10-,14?/m0/s1. The molecule has 7 heteroatoms. The number of aryl methyl sites for hydroxylation is 1. The van der Waals surface area contributed by atoms with Crippen LogP contribution in [0, 0.1) is 23.7 Å². The zero-order chi connectivity index (χ0) is 15.5. The van der Waals surface area contributed by atoms with Crippen LogP contribution in [0.5, 0.6) is 0 Å². The number of nitrogens with zero attached hydrogens (tertiary/aromatic N) is 1. The molecule has 1 aromatic heterocycles. The number of aromatic nitrogens is 2. The van der Waals surface area contributed by atoms with Crippen LogP contribution in [0.2, 0.25) is 0 Å². The van der Waals surface area contributed by atoms with E-state index in [1.807, 2.05) is 13.8 Å². The Labute approximate surface area is 124 Å². The molecule has 21 heavy (non-hydrogen) atoms. The molecule has 1 unspecified atom stereocenters. The zero-order valence-corrected chi connectivity index (χ0v) is 13.4. The van der Waals surface area contributed by atoms with Crippen molar-refractivity contribution in [1.29, 1.82) is 0 Å². The van der Waals surface area contributed by atoms with Gasteiger partial charge in [0, 0.05) is 18.2 Å². The van der Waals surface area contributed by atoms with Crippen LogP contribution in [-0.2, 0) is 14.8 Å². The molecule has 2 N–H and O–H groups in total. The van der Waals surface area contributed by atoms with E-state index < -0.39 is 15.4 Å². The Bertz CT molecular complexity index is 692. The molecule has 0 aromatic carbocycles. The maximum absolute atomic E-state index is 12.5. The summed E-state index contributed by atoms with van der Waals surface area (Å²) in [7, 11) is -3.61. The molecule has 2 saturated carbocycles. The van der Waals surface area contributed by atoms with E-state index in [9.17, 15) is 13.2 Å². The number of hydrogen-bond acceptors (Lipinski definition) is 4. The third kappa shape index (κ3) is 2.09. The molecular weight excluding hydrogens is 290 g/mol. The van der Waals surface area contributed by atoms with Crippen LogP contribution in [-0.4, -0.2) is 30.2 Å². The van der Waals surface area contributed by atoms with Gasteiger partial charge in [-0.25, -0.2) is 8.42 Å². The molecule has 2 aliphatic rings. The van der Waals surface area contributed by atoms with Crippen LogP contribution in [0.1, 0.15) is 38.8 Å². The maximum atomic E-state index is 12.5. The van der Waals surface area contributed by atoms with Crippen LogP contribution < -0.4 is 4.72 Å². The van der Waals surface area contributed by atoms with Gasteiger partial charge in [-0.3, -0.25) is 14.6 Å². The summed E-state index contributed by atoms with van der Waals surface area (Å²) in [4.78, 5) is 12.4. The summed E-state index contributed by atoms with van der Waals surface area (Å²) in [5.41, 5.74) is -0.209. The van der Waals surface area contributed by atoms with Crippen molar-refractivity contribution in [3.8, 4) is 0 Å². The minimum absolute atomic E-state index is 0.104. The van der Waals surface area contributed by atoms with Crippen molar-refractivity contribution in [2.75, 3.05) is 10.5 Å². The molecule has 2 aliphatic carbocycles. The molecule has 2 fully saturated rings. The number of Topliss-reactive ketones (excluding diaryl/α,β-unsaturated/α-hetero) is 1. The molecule has 0 radical (unpaired) electrons. The summed E-state index contributed by atoms with van der Waals surface area (Å²) in [6.45, 7) is 5.86. The lowest BCUT2D eigenvalue weighted by molar-refractivity contribution is -0.128. The molecule has 2 bridgehead atoms. The lowest BCUT2D eigenvalue weighted by Crippen LogP contribution is -2.43. The smallest absolute Gasteiger partial charge is 0.234 e. The van der Waals surface area contributed by atoms with Gasteiger partial charge in [-0.1, -0.05) is 13.8 Å². The van der Waals surface area contributed by atoms with Gasteiger partial charge in [0.2, 0.25) is 10.0 Å². The van der Waals surface area contributed by atoms with Crippen LogP contribution in [0.25, 0.3) is 0 Å². The van der Waals surface area contributed by atoms with Crippen LogP contribution in [0.4, 0.5) is 5.82 Å². The van der Waals surface area contributed by atoms with Crippen LogP contribution in [0.15, 0.2) is 6.07 Å². The number of hydrogen-bond donors (Lipinski definition) is 2. The number of rotatable bonds is 4. The molecule has 0 saturated heterocycles. The zero-order valence-electron chi connectivity index (χ0n) is 12.6. The fourth-order valence-electron chi connectivity index (χ4n) is 4.10. The predicted octanol–water partition coefficient (Wildman–Crippen LogP) is 1.86. The Morgan fingerprint density at radius 2 is 2.19 bits per heavy atom. The average Bonchev–Trinajstić information content (AvgIpc) is 2.89. The normalized spacial score (nSPS) is 30.8. The topological polar surface area (TPSA) is 91.9 Å². The van der Waals surface area contributed by atoms with Crippen molar-refractivity contribution in [2.45, 2.75) is 40.0 Å². The first-order valence-corrected chi connectivity index (χ1v) is 8.87. The minimum atomic E-state index is -3.61. The number of aromatic amines is 1. The average molecular weight is 311 g/mol. The van der Waals surface area contributed by atoms with E-state index in [2.05, 4.69) is 14.9 Å². The third-order valence-electron chi connectivity index (χ3n) is 5.54. The number of sulfonamides is 1. The van der Waals surface area contributed by atoms with Gasteiger partial charge in [0.1, 0.15) is 5.78 Å². The Hall–Kier alpha value is -1.37. The Morgan fingerprint density at radius 1 is 1.48 bits per heavy atom. The first-order chi connectivity index (χ1) is 9.66. The van der Waals surface area contributed by atoms with E-state index in [4.69, 9.17) is 0 Å². The minimum Gasteiger partial charge on any atom is -0.299 e. The molecule has 1 heterocycles. The Balaban J connectivity index is 1.86. The predicted molar refractivity (Wildman–Crippen MR) is 79.3 cm³/mol. The Morgan fingerprint density at radius 3 is 2.67 bits per heavy atom. The van der Waals surface area contributed by atoms with E-state index in [1.165, 1.54) is 0 Å². The molecule has 0 amide bonds. The lowest BCUT2D eigenvalue weighted by Gasteiger charge is -2.36. The summed E-state index contributed by atoms with van der Waals surface area (Å²) in [6, 6.07) is 1.63. The number of H-pyrrole nitrogens is 1. The molecule has 0 spiro atoms. The van der Waals surface area contributed by atoms with Gasteiger partial charge in [-0.15, -0.1) is 0 Å². The second-order valence-corrected chi connectivity index (χ2v) is 8.69. The van der Waals surface area contributed by atoms with Crippen molar-refractivity contribution in [3.63, 3.8) is 0 Å². The van der Waals surface area contributed by atoms with E-state index in [0.29, 0.717) is 18.8 Å². The summed E-state index contributed by atoms with van der Waals surface area (Å²) >= 11 is 0. The van der Waals surface area contributed by atoms with Crippen molar-refractivity contribution in [2.24, 2.45) is 16.7 Å². The monoisotopic (exact) mass is 311 g/mol. The van der Waals surface area contributed by atoms with Gasteiger partial charge in [-0.05, 0) is 31.1 Å².